The van der Waals surface area contributed by atoms with E-state index < -0.39 is 236 Å². The standard InChI is InChI=1S/C40H68N2O31/c1-9(48)41-17-24(55)19(50)11(3-43)65-36(17)72-33-27(58)21(52)13(5-45)67-39(33)63-8-16-23(54)32(30(61)35(62)64-16)71-40-34(28(59)22(53)14(6-46)68-40)73-37-18(42-10(2)49)25(56)31(15(7-47)69-37)70-38-29(60)26(57)20(51)12(4-44)66-38/h11-40,43-47,50-62H,3-8H2,1-2H3,(H,41,48)(H,42,49)/t11-,12-,13-,14-,15-,16-,17-,18-,19-,20+,21-,22-,23-,24-,25-,26+,27+,28+,29-,30+,31-,32+,33+,34+,35?,36+,37+,38+,39+,40-/m1/s1. The van der Waals surface area contributed by atoms with E-state index in [2.05, 4.69) is 10.6 Å². The number of carbonyl (C=O) groups excluding carboxylic acids is 2. The van der Waals surface area contributed by atoms with Crippen LogP contribution in [0.25, 0.3) is 0 Å². The SMILES string of the molecule is CC(=O)N[C@H]1[C@H](O[C@@H]2[C@@H](O[C@H]3[C@H](O)[C@@H](CO[C@H]4O[C@H](CO)[C@@H](O)[C@H](O)[C@@H]4O[C@@H]4O[C@H](CO)[C@@H](O)[C@H](O)[C@H]4NC(C)=O)OC(O)[C@H]3O)O[C@H](CO)[C@@H](O)[C@@H]2O)O[C@H](CO)[C@@H](O[C@@H]2O[C@H](CO)[C@H](O)[C@H](O)[C@H]2O)[C@@H]1O. The Morgan fingerprint density at radius 2 is 0.740 bits per heavy atom. The van der Waals surface area contributed by atoms with Gasteiger partial charge < -0.3 is 155 Å². The molecule has 6 heterocycles. The van der Waals surface area contributed by atoms with E-state index >= 15 is 0 Å². The highest BCUT2D eigenvalue weighted by atomic mass is 16.8. The molecule has 33 heteroatoms. The van der Waals surface area contributed by atoms with Gasteiger partial charge in [0.25, 0.3) is 0 Å². The number of aliphatic hydroxyl groups excluding tert-OH is 18. The van der Waals surface area contributed by atoms with Gasteiger partial charge in [-0.15, -0.1) is 0 Å². The minimum atomic E-state index is -2.25. The lowest BCUT2D eigenvalue weighted by molar-refractivity contribution is -0.390. The number of amides is 2. The Morgan fingerprint density at radius 3 is 1.23 bits per heavy atom. The third-order valence-corrected chi connectivity index (χ3v) is 13.2. The highest BCUT2D eigenvalue weighted by Gasteiger charge is 2.57. The van der Waals surface area contributed by atoms with Gasteiger partial charge in [0.05, 0.1) is 39.6 Å². The Hall–Kier alpha value is -2.22. The lowest BCUT2D eigenvalue weighted by Gasteiger charge is -2.50. The summed E-state index contributed by atoms with van der Waals surface area (Å²) < 4.78 is 62.7. The number of hydrogen-bond acceptors (Lipinski definition) is 31. The molecule has 6 aliphatic heterocycles. The molecule has 0 saturated carbocycles. The summed E-state index contributed by atoms with van der Waals surface area (Å²) in [4.78, 5) is 24.5. The number of aliphatic hydroxyl groups is 18. The monoisotopic (exact) mass is 1070 g/mol. The second-order valence-corrected chi connectivity index (χ2v) is 18.3. The molecule has 0 aromatic heterocycles. The lowest BCUT2D eigenvalue weighted by Crippen LogP contribution is -2.70. The summed E-state index contributed by atoms with van der Waals surface area (Å²) in [6.07, 6.45) is -53.3. The first-order valence-corrected chi connectivity index (χ1v) is 23.1. The lowest BCUT2D eigenvalue weighted by atomic mass is 9.94. The van der Waals surface area contributed by atoms with Crippen LogP contribution in [0, 0.1) is 0 Å². The molecule has 0 aromatic carbocycles. The van der Waals surface area contributed by atoms with Crippen LogP contribution >= 0.6 is 0 Å². The Kier molecular flexibility index (Phi) is 21.3. The maximum absolute atomic E-state index is 12.5. The van der Waals surface area contributed by atoms with Crippen molar-refractivity contribution in [2.75, 3.05) is 39.6 Å². The molecule has 0 spiro atoms. The fourth-order valence-electron chi connectivity index (χ4n) is 9.18. The molecule has 0 aliphatic carbocycles. The highest BCUT2D eigenvalue weighted by molar-refractivity contribution is 5.73. The zero-order chi connectivity index (χ0) is 53.9. The van der Waals surface area contributed by atoms with Gasteiger partial charge in [-0.1, -0.05) is 0 Å². The molecule has 0 aromatic rings. The molecule has 30 atom stereocenters. The smallest absolute Gasteiger partial charge is 0.217 e. The van der Waals surface area contributed by atoms with Crippen molar-refractivity contribution in [1.82, 2.24) is 10.6 Å². The summed E-state index contributed by atoms with van der Waals surface area (Å²) >= 11 is 0. The maximum Gasteiger partial charge on any atom is 0.217 e. The van der Waals surface area contributed by atoms with Gasteiger partial charge >= 0.3 is 0 Å². The van der Waals surface area contributed by atoms with Crippen molar-refractivity contribution < 1.29 is 154 Å². The van der Waals surface area contributed by atoms with Crippen molar-refractivity contribution in [3.8, 4) is 0 Å². The third kappa shape index (κ3) is 13.0. The first kappa shape index (κ1) is 60.0. The van der Waals surface area contributed by atoms with Gasteiger partial charge in [0.1, 0.15) is 146 Å². The average molecular weight is 1070 g/mol. The van der Waals surface area contributed by atoms with E-state index in [0.717, 1.165) is 13.8 Å². The average Bonchev–Trinajstić information content (AvgIpc) is 3.35. The van der Waals surface area contributed by atoms with Crippen molar-refractivity contribution in [3.63, 3.8) is 0 Å². The van der Waals surface area contributed by atoms with Gasteiger partial charge in [-0.25, -0.2) is 0 Å². The molecule has 6 aliphatic rings. The first-order valence-electron chi connectivity index (χ1n) is 23.1. The minimum Gasteiger partial charge on any atom is -0.394 e. The van der Waals surface area contributed by atoms with Crippen LogP contribution < -0.4 is 10.6 Å². The Morgan fingerprint density at radius 1 is 0.356 bits per heavy atom. The molecule has 6 fully saturated rings. The first-order chi connectivity index (χ1) is 34.5. The number of hydrogen-bond donors (Lipinski definition) is 20. The van der Waals surface area contributed by atoms with E-state index in [-0.39, 0.29) is 0 Å². The molecular formula is C40H68N2O31. The zero-order valence-electron chi connectivity index (χ0n) is 38.9. The van der Waals surface area contributed by atoms with Crippen LogP contribution in [-0.2, 0) is 61.7 Å². The summed E-state index contributed by atoms with van der Waals surface area (Å²) in [5.41, 5.74) is 0. The van der Waals surface area contributed by atoms with E-state index in [1.54, 1.807) is 0 Å². The molecule has 1 unspecified atom stereocenters. The van der Waals surface area contributed by atoms with Crippen LogP contribution in [0.5, 0.6) is 0 Å². The molecule has 73 heavy (non-hydrogen) atoms. The van der Waals surface area contributed by atoms with E-state index in [1.165, 1.54) is 0 Å². The minimum absolute atomic E-state index is 0.749. The second kappa shape index (κ2) is 26.0. The molecule has 424 valence electrons. The van der Waals surface area contributed by atoms with Crippen molar-refractivity contribution >= 4 is 11.8 Å². The van der Waals surface area contributed by atoms with E-state index in [9.17, 15) is 102 Å². The Balaban J connectivity index is 1.22. The molecule has 2 amide bonds. The molecule has 6 rings (SSSR count). The number of nitrogens with one attached hydrogen (secondary N) is 2. The second-order valence-electron chi connectivity index (χ2n) is 18.3. The largest absolute Gasteiger partial charge is 0.394 e. The molecule has 6 saturated heterocycles. The Bertz CT molecular complexity index is 1750. The normalized spacial score (nSPS) is 49.8. The number of ether oxygens (including phenoxy) is 11. The maximum atomic E-state index is 12.5. The van der Waals surface area contributed by atoms with Crippen LogP contribution in [0.1, 0.15) is 13.8 Å². The van der Waals surface area contributed by atoms with Crippen molar-refractivity contribution in [2.45, 2.75) is 198 Å². The summed E-state index contributed by atoms with van der Waals surface area (Å²) in [5, 5.41) is 196. The van der Waals surface area contributed by atoms with Gasteiger partial charge in [-0.05, 0) is 0 Å². The van der Waals surface area contributed by atoms with Gasteiger partial charge in [-0.3, -0.25) is 9.59 Å². The highest BCUT2D eigenvalue weighted by Crippen LogP contribution is 2.36. The van der Waals surface area contributed by atoms with E-state index in [1.807, 2.05) is 0 Å². The van der Waals surface area contributed by atoms with Gasteiger partial charge in [-0.2, -0.15) is 0 Å². The van der Waals surface area contributed by atoms with Crippen LogP contribution in [0.4, 0.5) is 0 Å². The zero-order valence-corrected chi connectivity index (χ0v) is 38.9. The van der Waals surface area contributed by atoms with E-state index in [0.29, 0.717) is 0 Å². The van der Waals surface area contributed by atoms with E-state index in [4.69, 9.17) is 52.1 Å². The third-order valence-electron chi connectivity index (χ3n) is 13.2. The molecule has 20 N–H and O–H groups in total. The van der Waals surface area contributed by atoms with Crippen molar-refractivity contribution in [1.29, 1.82) is 0 Å². The quantitative estimate of drug-likeness (QED) is 0.0606. The van der Waals surface area contributed by atoms with Crippen LogP contribution in [-0.4, -0.2) is 327 Å². The predicted octanol–water partition coefficient (Wildman–Crippen LogP) is -13.8. The summed E-state index contributed by atoms with van der Waals surface area (Å²) in [6.45, 7) is -3.54. The molecule has 0 radical (unpaired) electrons. The molecule has 0 bridgehead atoms. The van der Waals surface area contributed by atoms with Crippen LogP contribution in [0.2, 0.25) is 0 Å². The fourth-order valence-corrected chi connectivity index (χ4v) is 9.18. The van der Waals surface area contributed by atoms with Gasteiger partial charge in [0.2, 0.25) is 11.8 Å². The van der Waals surface area contributed by atoms with Crippen LogP contribution in [0.3, 0.4) is 0 Å². The number of carbonyl (C=O) groups is 2. The summed E-state index contributed by atoms with van der Waals surface area (Å²) in [7, 11) is 0. The summed E-state index contributed by atoms with van der Waals surface area (Å²) in [5.74, 6) is -1.60. The van der Waals surface area contributed by atoms with Gasteiger partial charge in [0.15, 0.2) is 37.7 Å². The molecular weight excluding hydrogens is 1000 g/mol. The molecule has 33 nitrogen and oxygen atoms in total. The van der Waals surface area contributed by atoms with Gasteiger partial charge in [0, 0.05) is 13.8 Å². The predicted molar refractivity (Wildman–Crippen MR) is 222 cm³/mol. The van der Waals surface area contributed by atoms with Crippen molar-refractivity contribution in [2.24, 2.45) is 0 Å². The number of rotatable bonds is 18. The Labute approximate surface area is 413 Å². The fraction of sp³-hybridized carbons (Fsp3) is 0.950. The van der Waals surface area contributed by atoms with Crippen LogP contribution in [0.15, 0.2) is 0 Å². The van der Waals surface area contributed by atoms with Crippen molar-refractivity contribution in [3.05, 3.63) is 0 Å². The summed E-state index contributed by atoms with van der Waals surface area (Å²) in [6, 6.07) is -3.35. The topological polar surface area (TPSA) is 524 Å².